The normalized spacial score (nSPS) is 22.9. The fourth-order valence-corrected chi connectivity index (χ4v) is 4.06. The number of benzene rings is 1. The van der Waals surface area contributed by atoms with E-state index in [-0.39, 0.29) is 0 Å². The highest BCUT2D eigenvalue weighted by molar-refractivity contribution is 5.79. The van der Waals surface area contributed by atoms with Gasteiger partial charge in [0.2, 0.25) is 5.91 Å². The number of hydrogen-bond donors (Lipinski definition) is 2. The van der Waals surface area contributed by atoms with Gasteiger partial charge in [-0.25, -0.2) is 0 Å². The number of likely N-dealkylation sites (tertiary alicyclic amines) is 1. The van der Waals surface area contributed by atoms with Crippen LogP contribution in [0.4, 0.5) is 0 Å². The Labute approximate surface area is 145 Å². The lowest BCUT2D eigenvalue weighted by Gasteiger charge is -2.22. The average molecular weight is 330 g/mol. The van der Waals surface area contributed by atoms with E-state index < -0.39 is 0 Å². The van der Waals surface area contributed by atoms with Crippen LogP contribution >= 0.6 is 0 Å². The quantitative estimate of drug-likeness (QED) is 0.843. The first-order valence-electron chi connectivity index (χ1n) is 9.44. The molecule has 1 aromatic rings. The SMILES string of the molecule is C[C@H](CCc1ccc(O)cc1)N[C@H]1CCN(C(=O)C2CCCC2)C1. The Balaban J connectivity index is 1.39. The fraction of sp³-hybridized carbons (Fsp3) is 0.650. The molecule has 0 bridgehead atoms. The van der Waals surface area contributed by atoms with E-state index in [0.29, 0.717) is 29.7 Å². The van der Waals surface area contributed by atoms with Crippen LogP contribution in [-0.4, -0.2) is 41.1 Å². The smallest absolute Gasteiger partial charge is 0.225 e. The van der Waals surface area contributed by atoms with E-state index in [0.717, 1.165) is 45.2 Å². The standard InChI is InChI=1S/C20H30N2O2/c1-15(6-7-16-8-10-19(23)11-9-16)21-18-12-13-22(14-18)20(24)17-4-2-3-5-17/h8-11,15,17-18,21,23H,2-7,12-14H2,1H3/t15-,18+/m1/s1. The van der Waals surface area contributed by atoms with E-state index in [1.807, 2.05) is 12.1 Å². The number of phenolic OH excluding ortho intramolecular Hbond substituents is 1. The first kappa shape index (κ1) is 17.3. The van der Waals surface area contributed by atoms with Gasteiger partial charge in [0.15, 0.2) is 0 Å². The summed E-state index contributed by atoms with van der Waals surface area (Å²) >= 11 is 0. The molecular weight excluding hydrogens is 300 g/mol. The number of nitrogens with one attached hydrogen (secondary N) is 1. The molecule has 4 nitrogen and oxygen atoms in total. The van der Waals surface area contributed by atoms with Crippen LogP contribution in [0.1, 0.15) is 51.0 Å². The van der Waals surface area contributed by atoms with E-state index in [2.05, 4.69) is 17.1 Å². The third kappa shape index (κ3) is 4.50. The molecule has 2 atom stereocenters. The monoisotopic (exact) mass is 330 g/mol. The first-order valence-corrected chi connectivity index (χ1v) is 9.44. The summed E-state index contributed by atoms with van der Waals surface area (Å²) in [4.78, 5) is 14.6. The van der Waals surface area contributed by atoms with Gasteiger partial charge < -0.3 is 15.3 Å². The number of hydrogen-bond acceptors (Lipinski definition) is 3. The lowest BCUT2D eigenvalue weighted by atomic mass is 10.1. The molecule has 0 radical (unpaired) electrons. The van der Waals surface area contributed by atoms with Gasteiger partial charge in [-0.2, -0.15) is 0 Å². The largest absolute Gasteiger partial charge is 0.508 e. The predicted molar refractivity (Wildman–Crippen MR) is 96.0 cm³/mol. The van der Waals surface area contributed by atoms with Crippen molar-refractivity contribution >= 4 is 5.91 Å². The molecule has 1 saturated heterocycles. The number of amides is 1. The van der Waals surface area contributed by atoms with E-state index in [4.69, 9.17) is 0 Å². The summed E-state index contributed by atoms with van der Waals surface area (Å²) in [6.45, 7) is 4.01. The lowest BCUT2D eigenvalue weighted by Crippen LogP contribution is -2.41. The summed E-state index contributed by atoms with van der Waals surface area (Å²) in [5, 5.41) is 13.0. The Bertz CT molecular complexity index is 537. The number of carbonyl (C=O) groups excluding carboxylic acids is 1. The van der Waals surface area contributed by atoms with Crippen LogP contribution in [0, 0.1) is 5.92 Å². The van der Waals surface area contributed by atoms with Crippen LogP contribution in [0.15, 0.2) is 24.3 Å². The van der Waals surface area contributed by atoms with Gasteiger partial charge in [-0.3, -0.25) is 4.79 Å². The molecule has 1 amide bonds. The number of nitrogens with zero attached hydrogens (tertiary/aromatic N) is 1. The van der Waals surface area contributed by atoms with Gasteiger partial charge in [0.05, 0.1) is 0 Å². The number of carbonyl (C=O) groups is 1. The topological polar surface area (TPSA) is 52.6 Å². The molecule has 2 fully saturated rings. The van der Waals surface area contributed by atoms with Crippen LogP contribution in [0.25, 0.3) is 0 Å². The number of aromatic hydroxyl groups is 1. The summed E-state index contributed by atoms with van der Waals surface area (Å²) in [6, 6.07) is 8.34. The maximum Gasteiger partial charge on any atom is 0.225 e. The Morgan fingerprint density at radius 1 is 1.25 bits per heavy atom. The van der Waals surface area contributed by atoms with Gasteiger partial charge in [-0.05, 0) is 56.7 Å². The highest BCUT2D eigenvalue weighted by Gasteiger charge is 2.32. The minimum Gasteiger partial charge on any atom is -0.508 e. The van der Waals surface area contributed by atoms with E-state index in [1.165, 1.54) is 18.4 Å². The van der Waals surface area contributed by atoms with Crippen LogP contribution < -0.4 is 5.32 Å². The molecule has 0 aromatic heterocycles. The molecule has 0 spiro atoms. The van der Waals surface area contributed by atoms with Crippen molar-refractivity contribution in [2.75, 3.05) is 13.1 Å². The van der Waals surface area contributed by atoms with Crippen LogP contribution in [-0.2, 0) is 11.2 Å². The van der Waals surface area contributed by atoms with Crippen molar-refractivity contribution in [3.05, 3.63) is 29.8 Å². The number of phenols is 1. The Morgan fingerprint density at radius 3 is 2.67 bits per heavy atom. The van der Waals surface area contributed by atoms with Crippen molar-refractivity contribution in [3.8, 4) is 5.75 Å². The van der Waals surface area contributed by atoms with E-state index in [1.54, 1.807) is 12.1 Å². The summed E-state index contributed by atoms with van der Waals surface area (Å²) in [7, 11) is 0. The third-order valence-corrected chi connectivity index (χ3v) is 5.53. The van der Waals surface area contributed by atoms with Crippen molar-refractivity contribution in [1.82, 2.24) is 10.2 Å². The van der Waals surface area contributed by atoms with Crippen LogP contribution in [0.2, 0.25) is 0 Å². The first-order chi connectivity index (χ1) is 11.6. The second kappa shape index (κ2) is 8.02. The fourth-order valence-electron chi connectivity index (χ4n) is 4.06. The lowest BCUT2D eigenvalue weighted by molar-refractivity contribution is -0.134. The van der Waals surface area contributed by atoms with Crippen molar-refractivity contribution in [3.63, 3.8) is 0 Å². The third-order valence-electron chi connectivity index (χ3n) is 5.53. The van der Waals surface area contributed by atoms with Crippen molar-refractivity contribution < 1.29 is 9.90 Å². The van der Waals surface area contributed by atoms with Gasteiger partial charge >= 0.3 is 0 Å². The maximum absolute atomic E-state index is 12.5. The van der Waals surface area contributed by atoms with Gasteiger partial charge in [0.25, 0.3) is 0 Å². The Kier molecular flexibility index (Phi) is 5.77. The molecule has 1 aliphatic carbocycles. The molecule has 1 aliphatic heterocycles. The van der Waals surface area contributed by atoms with E-state index in [9.17, 15) is 9.90 Å². The molecule has 0 unspecified atom stereocenters. The zero-order valence-electron chi connectivity index (χ0n) is 14.7. The summed E-state index contributed by atoms with van der Waals surface area (Å²) < 4.78 is 0. The number of aryl methyl sites for hydroxylation is 1. The highest BCUT2D eigenvalue weighted by Crippen LogP contribution is 2.28. The minimum atomic E-state index is 0.302. The molecule has 2 aliphatic rings. The van der Waals surface area contributed by atoms with Crippen LogP contribution in [0.5, 0.6) is 5.75 Å². The molecule has 132 valence electrons. The molecule has 2 N–H and O–H groups in total. The summed E-state index contributed by atoms with van der Waals surface area (Å²) in [5.41, 5.74) is 1.26. The molecule has 1 saturated carbocycles. The molecule has 4 heteroatoms. The average Bonchev–Trinajstić information content (AvgIpc) is 3.25. The second-order valence-electron chi connectivity index (χ2n) is 7.52. The van der Waals surface area contributed by atoms with Crippen molar-refractivity contribution in [1.29, 1.82) is 0 Å². The molecule has 24 heavy (non-hydrogen) atoms. The van der Waals surface area contributed by atoms with Crippen molar-refractivity contribution in [2.45, 2.75) is 64.0 Å². The van der Waals surface area contributed by atoms with Gasteiger partial charge in [-0.1, -0.05) is 25.0 Å². The molecule has 1 heterocycles. The summed E-state index contributed by atoms with van der Waals surface area (Å²) in [5.74, 6) is 1.02. The second-order valence-corrected chi connectivity index (χ2v) is 7.52. The van der Waals surface area contributed by atoms with Gasteiger partial charge in [-0.15, -0.1) is 0 Å². The Morgan fingerprint density at radius 2 is 1.96 bits per heavy atom. The van der Waals surface area contributed by atoms with Gasteiger partial charge in [0, 0.05) is 31.1 Å². The van der Waals surface area contributed by atoms with Crippen LogP contribution in [0.3, 0.4) is 0 Å². The summed E-state index contributed by atoms with van der Waals surface area (Å²) in [6.07, 6.45) is 7.78. The highest BCUT2D eigenvalue weighted by atomic mass is 16.3. The molecular formula is C20H30N2O2. The van der Waals surface area contributed by atoms with E-state index >= 15 is 0 Å². The predicted octanol–water partition coefficient (Wildman–Crippen LogP) is 3.09. The number of rotatable bonds is 6. The zero-order valence-corrected chi connectivity index (χ0v) is 14.7. The van der Waals surface area contributed by atoms with Crippen molar-refractivity contribution in [2.24, 2.45) is 5.92 Å². The zero-order chi connectivity index (χ0) is 16.9. The van der Waals surface area contributed by atoms with Gasteiger partial charge in [0.1, 0.15) is 5.75 Å². The molecule has 3 rings (SSSR count). The minimum absolute atomic E-state index is 0.302. The molecule has 1 aromatic carbocycles. The maximum atomic E-state index is 12.5. The Hall–Kier alpha value is -1.55.